The lowest BCUT2D eigenvalue weighted by Gasteiger charge is -2.17. The molecule has 0 N–H and O–H groups in total. The van der Waals surface area contributed by atoms with Crippen LogP contribution in [0.25, 0.3) is 22.4 Å². The summed E-state index contributed by atoms with van der Waals surface area (Å²) in [5, 5.41) is 0.536. The van der Waals surface area contributed by atoms with Gasteiger partial charge in [-0.15, -0.1) is 0 Å². The molecule has 2 aromatic carbocycles. The topological polar surface area (TPSA) is 99.3 Å². The van der Waals surface area contributed by atoms with Crippen LogP contribution in [-0.4, -0.2) is 44.4 Å². The quantitative estimate of drug-likeness (QED) is 0.290. The predicted molar refractivity (Wildman–Crippen MR) is 137 cm³/mol. The van der Waals surface area contributed by atoms with Gasteiger partial charge in [0.15, 0.2) is 11.5 Å². The lowest BCUT2D eigenvalue weighted by molar-refractivity contribution is -0.115. The van der Waals surface area contributed by atoms with E-state index in [0.29, 0.717) is 28.8 Å². The smallest absolute Gasteiger partial charge is 0.332 e. The summed E-state index contributed by atoms with van der Waals surface area (Å²) in [6.07, 6.45) is 0. The van der Waals surface area contributed by atoms with Crippen molar-refractivity contribution in [2.75, 3.05) is 24.3 Å². The number of anilines is 1. The third kappa shape index (κ3) is 4.83. The summed E-state index contributed by atoms with van der Waals surface area (Å²) in [7, 11) is 4.67. The summed E-state index contributed by atoms with van der Waals surface area (Å²) < 4.78 is 7.84. The minimum atomic E-state index is -0.507. The van der Waals surface area contributed by atoms with Gasteiger partial charge in [0, 0.05) is 32.4 Å². The Morgan fingerprint density at radius 2 is 1.69 bits per heavy atom. The van der Waals surface area contributed by atoms with E-state index in [4.69, 9.17) is 4.74 Å². The van der Waals surface area contributed by atoms with E-state index < -0.39 is 11.2 Å². The third-order valence-electron chi connectivity index (χ3n) is 5.54. The molecule has 0 saturated heterocycles. The number of nitrogens with zero attached hydrogens (tertiary/aromatic N) is 5. The molecule has 35 heavy (non-hydrogen) atoms. The number of carbonyl (C=O) groups excluding carboxylic acids is 1. The van der Waals surface area contributed by atoms with E-state index in [0.717, 1.165) is 22.0 Å². The van der Waals surface area contributed by atoms with Crippen LogP contribution in [0.3, 0.4) is 0 Å². The molecule has 2 heterocycles. The van der Waals surface area contributed by atoms with Crippen LogP contribution in [-0.2, 0) is 18.9 Å². The summed E-state index contributed by atoms with van der Waals surface area (Å²) in [6.45, 7) is 2.45. The van der Waals surface area contributed by atoms with Gasteiger partial charge < -0.3 is 9.64 Å². The number of hydrogen-bond acceptors (Lipinski definition) is 7. The molecule has 180 valence electrons. The molecule has 0 aliphatic carbocycles. The molecule has 0 fully saturated rings. The number of fused-ring (bicyclic) bond motifs is 1. The average molecular weight is 492 g/mol. The molecule has 0 aliphatic rings. The van der Waals surface area contributed by atoms with Crippen molar-refractivity contribution in [1.82, 2.24) is 19.1 Å². The number of thioether (sulfide) groups is 1. The number of para-hydroxylation sites is 1. The molecule has 9 nitrogen and oxygen atoms in total. The first-order valence-corrected chi connectivity index (χ1v) is 12.0. The number of hydrogen-bond donors (Lipinski definition) is 0. The van der Waals surface area contributed by atoms with E-state index >= 15 is 0 Å². The van der Waals surface area contributed by atoms with Crippen molar-refractivity contribution in [1.29, 1.82) is 0 Å². The lowest BCUT2D eigenvalue weighted by atomic mass is 10.2. The highest BCUT2D eigenvalue weighted by Crippen LogP contribution is 2.27. The summed E-state index contributed by atoms with van der Waals surface area (Å²) in [6, 6.07) is 16.5. The van der Waals surface area contributed by atoms with Gasteiger partial charge in [0.25, 0.3) is 5.56 Å². The molecule has 2 aromatic heterocycles. The van der Waals surface area contributed by atoms with E-state index in [2.05, 4.69) is 9.97 Å². The molecule has 0 aliphatic heterocycles. The molecular formula is C25H25N5O4S. The van der Waals surface area contributed by atoms with Crippen LogP contribution in [0, 0.1) is 0 Å². The zero-order valence-corrected chi connectivity index (χ0v) is 20.7. The van der Waals surface area contributed by atoms with Crippen LogP contribution < -0.4 is 20.9 Å². The molecule has 4 rings (SSSR count). The Morgan fingerprint density at radius 3 is 2.34 bits per heavy atom. The van der Waals surface area contributed by atoms with E-state index in [9.17, 15) is 14.4 Å². The highest BCUT2D eigenvalue weighted by molar-refractivity contribution is 8.00. The van der Waals surface area contributed by atoms with Gasteiger partial charge in [-0.3, -0.25) is 18.7 Å². The minimum Gasteiger partial charge on any atom is -0.494 e. The van der Waals surface area contributed by atoms with Crippen molar-refractivity contribution in [2.24, 2.45) is 14.1 Å². The number of aryl methyl sites for hydroxylation is 1. The molecule has 0 radical (unpaired) electrons. The zero-order valence-electron chi connectivity index (χ0n) is 19.9. The van der Waals surface area contributed by atoms with Gasteiger partial charge in [0.05, 0.1) is 12.4 Å². The van der Waals surface area contributed by atoms with Crippen molar-refractivity contribution in [3.8, 4) is 17.1 Å². The normalized spacial score (nSPS) is 11.0. The van der Waals surface area contributed by atoms with E-state index in [-0.39, 0.29) is 22.7 Å². The first-order valence-electron chi connectivity index (χ1n) is 11.0. The van der Waals surface area contributed by atoms with Gasteiger partial charge in [-0.05, 0) is 43.3 Å². The molecule has 0 spiro atoms. The molecule has 0 bridgehead atoms. The highest BCUT2D eigenvalue weighted by Gasteiger charge is 2.20. The van der Waals surface area contributed by atoms with Gasteiger partial charge in [-0.1, -0.05) is 30.0 Å². The van der Waals surface area contributed by atoms with Gasteiger partial charge in [0.2, 0.25) is 5.91 Å². The summed E-state index contributed by atoms with van der Waals surface area (Å²) in [4.78, 5) is 49.2. The molecule has 4 aromatic rings. The van der Waals surface area contributed by atoms with Gasteiger partial charge >= 0.3 is 5.69 Å². The molecule has 0 atom stereocenters. The van der Waals surface area contributed by atoms with Crippen molar-refractivity contribution >= 4 is 34.4 Å². The van der Waals surface area contributed by atoms with Crippen molar-refractivity contribution in [2.45, 2.75) is 11.9 Å². The van der Waals surface area contributed by atoms with Crippen LogP contribution in [0.4, 0.5) is 5.69 Å². The number of carbonyl (C=O) groups is 1. The monoisotopic (exact) mass is 491 g/mol. The SMILES string of the molecule is CCOc1ccc(-c2nc(SCC(=O)N(C)c3ccccc3)c3c(=O)n(C)c(=O)n(C)c3n2)cc1. The number of benzene rings is 2. The largest absolute Gasteiger partial charge is 0.494 e. The van der Waals surface area contributed by atoms with Crippen LogP contribution in [0.5, 0.6) is 5.75 Å². The van der Waals surface area contributed by atoms with Crippen LogP contribution >= 0.6 is 11.8 Å². The van der Waals surface area contributed by atoms with E-state index in [1.165, 1.54) is 11.6 Å². The van der Waals surface area contributed by atoms with Crippen molar-refractivity contribution in [3.05, 3.63) is 75.4 Å². The molecule has 10 heteroatoms. The molecular weight excluding hydrogens is 466 g/mol. The zero-order chi connectivity index (χ0) is 25.1. The average Bonchev–Trinajstić information content (AvgIpc) is 2.89. The van der Waals surface area contributed by atoms with Gasteiger partial charge in [-0.2, -0.15) is 0 Å². The van der Waals surface area contributed by atoms with Crippen molar-refractivity contribution in [3.63, 3.8) is 0 Å². The maximum absolute atomic E-state index is 13.0. The first-order chi connectivity index (χ1) is 16.8. The number of ether oxygens (including phenoxy) is 1. The Balaban J connectivity index is 1.77. The summed E-state index contributed by atoms with van der Waals surface area (Å²) >= 11 is 1.14. The van der Waals surface area contributed by atoms with Gasteiger partial charge in [0.1, 0.15) is 16.2 Å². The third-order valence-corrected chi connectivity index (χ3v) is 6.50. The fourth-order valence-electron chi connectivity index (χ4n) is 3.55. The molecule has 0 unspecified atom stereocenters. The Labute approximate surface area is 206 Å². The second kappa shape index (κ2) is 10.1. The second-order valence-corrected chi connectivity index (χ2v) is 8.76. The Hall–Kier alpha value is -3.92. The maximum Gasteiger partial charge on any atom is 0.332 e. The van der Waals surface area contributed by atoms with E-state index in [1.54, 1.807) is 31.1 Å². The first kappa shape index (κ1) is 24.2. The fourth-order valence-corrected chi connectivity index (χ4v) is 4.48. The molecule has 1 amide bonds. The predicted octanol–water partition coefficient (Wildman–Crippen LogP) is 2.85. The van der Waals surface area contributed by atoms with Crippen LogP contribution in [0.1, 0.15) is 6.92 Å². The van der Waals surface area contributed by atoms with Crippen LogP contribution in [0.15, 0.2) is 69.2 Å². The van der Waals surface area contributed by atoms with Crippen molar-refractivity contribution < 1.29 is 9.53 Å². The minimum absolute atomic E-state index is 0.0478. The summed E-state index contributed by atoms with van der Waals surface area (Å²) in [5.41, 5.74) is 0.669. The Bertz CT molecular complexity index is 1500. The lowest BCUT2D eigenvalue weighted by Crippen LogP contribution is -2.37. The van der Waals surface area contributed by atoms with Crippen LogP contribution in [0.2, 0.25) is 0 Å². The number of aromatic nitrogens is 4. The highest BCUT2D eigenvalue weighted by atomic mass is 32.2. The fraction of sp³-hybridized carbons (Fsp3) is 0.240. The standard InChI is InChI=1S/C25H25N5O4S/c1-5-34-18-13-11-16(12-14-18)21-26-22-20(24(32)30(4)25(33)29(22)3)23(27-21)35-15-19(31)28(2)17-9-7-6-8-10-17/h6-14H,5,15H2,1-4H3. The van der Waals surface area contributed by atoms with Gasteiger partial charge in [-0.25, -0.2) is 14.8 Å². The maximum atomic E-state index is 13.0. The molecule has 0 saturated carbocycles. The summed E-state index contributed by atoms with van der Waals surface area (Å²) in [5.74, 6) is 0.946. The van der Waals surface area contributed by atoms with E-state index in [1.807, 2.05) is 49.4 Å². The number of rotatable bonds is 7. The number of amides is 1. The Morgan fingerprint density at radius 1 is 1.00 bits per heavy atom. The Kier molecular flexibility index (Phi) is 7.02. The second-order valence-electron chi connectivity index (χ2n) is 7.79.